The molecule has 2 N–H and O–H groups in total. The fourth-order valence-electron chi connectivity index (χ4n) is 3.64. The minimum Gasteiger partial charge on any atom is -0.481 e. The van der Waals surface area contributed by atoms with Gasteiger partial charge >= 0.3 is 0 Å². The van der Waals surface area contributed by atoms with Crippen LogP contribution in [-0.4, -0.2) is 41.0 Å². The standard InChI is InChI=1S/C22H21ClFN3O2.ClH/c1-13(22(28)27-9-7-15(25)12-27)29-16-3-5-19-17(6-8-26-21(19)11-16)18-4-2-14(24)10-20(18)23;/h2-6,8,10-11,13,15H,7,9,12,25H2,1H3;1H/t13?,15-;/m1./s1. The van der Waals surface area contributed by atoms with Crippen LogP contribution < -0.4 is 10.5 Å². The number of nitrogens with zero attached hydrogens (tertiary/aromatic N) is 2. The average Bonchev–Trinajstić information content (AvgIpc) is 3.13. The molecule has 30 heavy (non-hydrogen) atoms. The molecule has 0 spiro atoms. The lowest BCUT2D eigenvalue weighted by Crippen LogP contribution is -2.40. The van der Waals surface area contributed by atoms with E-state index in [-0.39, 0.29) is 30.2 Å². The van der Waals surface area contributed by atoms with Crippen molar-refractivity contribution in [2.24, 2.45) is 5.73 Å². The van der Waals surface area contributed by atoms with Gasteiger partial charge in [0.15, 0.2) is 6.10 Å². The van der Waals surface area contributed by atoms with Crippen LogP contribution in [0, 0.1) is 5.82 Å². The Morgan fingerprint density at radius 3 is 2.77 bits per heavy atom. The van der Waals surface area contributed by atoms with Crippen molar-refractivity contribution in [3.05, 3.63) is 59.5 Å². The van der Waals surface area contributed by atoms with E-state index in [0.29, 0.717) is 29.4 Å². The molecule has 8 heteroatoms. The van der Waals surface area contributed by atoms with E-state index in [0.717, 1.165) is 22.9 Å². The Morgan fingerprint density at radius 1 is 1.27 bits per heavy atom. The Labute approximate surface area is 185 Å². The van der Waals surface area contributed by atoms with Crippen molar-refractivity contribution in [3.63, 3.8) is 0 Å². The summed E-state index contributed by atoms with van der Waals surface area (Å²) >= 11 is 6.24. The molecule has 1 fully saturated rings. The van der Waals surface area contributed by atoms with Crippen LogP contribution in [0.4, 0.5) is 4.39 Å². The van der Waals surface area contributed by atoms with Crippen LogP contribution in [-0.2, 0) is 4.79 Å². The summed E-state index contributed by atoms with van der Waals surface area (Å²) in [6.07, 6.45) is 1.86. The first kappa shape index (κ1) is 22.3. The summed E-state index contributed by atoms with van der Waals surface area (Å²) in [7, 11) is 0. The van der Waals surface area contributed by atoms with Gasteiger partial charge in [-0.3, -0.25) is 9.78 Å². The lowest BCUT2D eigenvalue weighted by molar-refractivity contribution is -0.136. The first-order valence-corrected chi connectivity index (χ1v) is 9.85. The van der Waals surface area contributed by atoms with Crippen molar-refractivity contribution >= 4 is 40.8 Å². The maximum absolute atomic E-state index is 13.4. The fraction of sp³-hybridized carbons (Fsp3) is 0.273. The van der Waals surface area contributed by atoms with E-state index < -0.39 is 6.10 Å². The van der Waals surface area contributed by atoms with Gasteiger partial charge in [-0.05, 0) is 55.3 Å². The van der Waals surface area contributed by atoms with Gasteiger partial charge in [0.1, 0.15) is 11.6 Å². The number of fused-ring (bicyclic) bond motifs is 1. The predicted octanol–water partition coefficient (Wildman–Crippen LogP) is 4.44. The van der Waals surface area contributed by atoms with Gasteiger partial charge in [-0.1, -0.05) is 11.6 Å². The van der Waals surface area contributed by atoms with Crippen LogP contribution in [0.5, 0.6) is 5.75 Å². The minimum atomic E-state index is -0.618. The lowest BCUT2D eigenvalue weighted by Gasteiger charge is -2.21. The molecule has 1 amide bonds. The third-order valence-corrected chi connectivity index (χ3v) is 5.45. The van der Waals surface area contributed by atoms with Gasteiger partial charge in [-0.15, -0.1) is 12.4 Å². The molecule has 1 saturated heterocycles. The first-order valence-electron chi connectivity index (χ1n) is 9.47. The second-order valence-electron chi connectivity index (χ2n) is 7.25. The number of aromatic nitrogens is 1. The molecule has 0 saturated carbocycles. The van der Waals surface area contributed by atoms with Crippen LogP contribution in [0.25, 0.3) is 22.0 Å². The number of amides is 1. The average molecular weight is 450 g/mol. The largest absolute Gasteiger partial charge is 0.481 e. The maximum Gasteiger partial charge on any atom is 0.263 e. The van der Waals surface area contributed by atoms with E-state index in [1.807, 2.05) is 12.1 Å². The Kier molecular flexibility index (Phi) is 6.81. The number of pyridine rings is 1. The van der Waals surface area contributed by atoms with E-state index in [2.05, 4.69) is 4.98 Å². The van der Waals surface area contributed by atoms with Gasteiger partial charge in [0.25, 0.3) is 5.91 Å². The van der Waals surface area contributed by atoms with Gasteiger partial charge in [-0.25, -0.2) is 4.39 Å². The summed E-state index contributed by atoms with van der Waals surface area (Å²) in [5.74, 6) is 0.0972. The summed E-state index contributed by atoms with van der Waals surface area (Å²) in [6, 6.07) is 11.6. The van der Waals surface area contributed by atoms with Gasteiger partial charge in [0.05, 0.1) is 10.5 Å². The number of likely N-dealkylation sites (tertiary alicyclic amines) is 1. The van der Waals surface area contributed by atoms with Crippen LogP contribution in [0.2, 0.25) is 5.02 Å². The number of hydrogen-bond acceptors (Lipinski definition) is 4. The van der Waals surface area contributed by atoms with E-state index in [1.54, 1.807) is 36.2 Å². The molecule has 3 aromatic rings. The van der Waals surface area contributed by atoms with Gasteiger partial charge < -0.3 is 15.4 Å². The van der Waals surface area contributed by atoms with Crippen molar-refractivity contribution in [1.29, 1.82) is 0 Å². The number of nitrogens with two attached hydrogens (primary N) is 1. The number of ether oxygens (including phenoxy) is 1. The molecule has 0 aliphatic carbocycles. The van der Waals surface area contributed by atoms with Crippen LogP contribution in [0.15, 0.2) is 48.7 Å². The summed E-state index contributed by atoms with van der Waals surface area (Å²) in [5.41, 5.74) is 8.16. The zero-order valence-electron chi connectivity index (χ0n) is 16.3. The topological polar surface area (TPSA) is 68.5 Å². The highest BCUT2D eigenvalue weighted by atomic mass is 35.5. The van der Waals surface area contributed by atoms with Crippen molar-refractivity contribution in [2.45, 2.75) is 25.5 Å². The zero-order valence-corrected chi connectivity index (χ0v) is 17.9. The predicted molar refractivity (Wildman–Crippen MR) is 119 cm³/mol. The van der Waals surface area contributed by atoms with Gasteiger partial charge in [0, 0.05) is 42.3 Å². The molecule has 2 atom stereocenters. The summed E-state index contributed by atoms with van der Waals surface area (Å²) in [5, 5.41) is 1.19. The normalized spacial score (nSPS) is 16.9. The number of halogens is 3. The molecule has 1 aliphatic rings. The highest BCUT2D eigenvalue weighted by molar-refractivity contribution is 6.33. The van der Waals surface area contributed by atoms with E-state index in [9.17, 15) is 9.18 Å². The molecule has 5 nitrogen and oxygen atoms in total. The third kappa shape index (κ3) is 4.51. The molecule has 1 aliphatic heterocycles. The summed E-state index contributed by atoms with van der Waals surface area (Å²) in [6.45, 7) is 2.96. The molecule has 2 heterocycles. The maximum atomic E-state index is 13.4. The highest BCUT2D eigenvalue weighted by Gasteiger charge is 2.28. The quantitative estimate of drug-likeness (QED) is 0.638. The number of rotatable bonds is 4. The molecule has 4 rings (SSSR count). The second-order valence-corrected chi connectivity index (χ2v) is 7.66. The first-order chi connectivity index (χ1) is 13.9. The van der Waals surface area contributed by atoms with Crippen LogP contribution in [0.3, 0.4) is 0 Å². The Hall–Kier alpha value is -2.41. The molecule has 0 radical (unpaired) electrons. The van der Waals surface area contributed by atoms with Crippen LogP contribution in [0.1, 0.15) is 13.3 Å². The molecular formula is C22H22Cl2FN3O2. The van der Waals surface area contributed by atoms with Crippen LogP contribution >= 0.6 is 24.0 Å². The zero-order chi connectivity index (χ0) is 20.5. The highest BCUT2D eigenvalue weighted by Crippen LogP contribution is 2.34. The summed E-state index contributed by atoms with van der Waals surface area (Å²) < 4.78 is 19.3. The van der Waals surface area contributed by atoms with Crippen molar-refractivity contribution in [3.8, 4) is 16.9 Å². The second kappa shape index (κ2) is 9.16. The molecule has 1 aromatic heterocycles. The fourth-order valence-corrected chi connectivity index (χ4v) is 3.91. The number of carbonyl (C=O) groups excluding carboxylic acids is 1. The van der Waals surface area contributed by atoms with Crippen molar-refractivity contribution in [2.75, 3.05) is 13.1 Å². The smallest absolute Gasteiger partial charge is 0.263 e. The Bertz CT molecular complexity index is 1080. The van der Waals surface area contributed by atoms with Crippen molar-refractivity contribution < 1.29 is 13.9 Å². The van der Waals surface area contributed by atoms with Crippen molar-refractivity contribution in [1.82, 2.24) is 9.88 Å². The number of benzene rings is 2. The Morgan fingerprint density at radius 2 is 2.07 bits per heavy atom. The van der Waals surface area contributed by atoms with E-state index in [4.69, 9.17) is 22.1 Å². The molecule has 2 aromatic carbocycles. The van der Waals surface area contributed by atoms with E-state index >= 15 is 0 Å². The Balaban J connectivity index is 0.00000256. The third-order valence-electron chi connectivity index (χ3n) is 5.13. The number of carbonyl (C=O) groups is 1. The molecular weight excluding hydrogens is 428 g/mol. The molecule has 158 valence electrons. The lowest BCUT2D eigenvalue weighted by atomic mass is 10.0. The summed E-state index contributed by atoms with van der Waals surface area (Å²) in [4.78, 5) is 18.7. The van der Waals surface area contributed by atoms with E-state index in [1.165, 1.54) is 12.1 Å². The molecule has 0 bridgehead atoms. The van der Waals surface area contributed by atoms with Gasteiger partial charge in [0.2, 0.25) is 0 Å². The number of hydrogen-bond donors (Lipinski definition) is 1. The monoisotopic (exact) mass is 449 g/mol. The minimum absolute atomic E-state index is 0. The SMILES string of the molecule is CC(Oc1ccc2c(-c3ccc(F)cc3Cl)ccnc2c1)C(=O)N1CC[C@@H](N)C1.Cl. The molecule has 1 unspecified atom stereocenters. The van der Waals surface area contributed by atoms with Gasteiger partial charge in [-0.2, -0.15) is 0 Å².